The Bertz CT molecular complexity index is 523. The Morgan fingerprint density at radius 3 is 2.83 bits per heavy atom. The van der Waals surface area contributed by atoms with Gasteiger partial charge in [0.15, 0.2) is 0 Å². The first kappa shape index (κ1) is 12.6. The molecule has 0 saturated heterocycles. The SMILES string of the molecule is CCON1C(C)=C(C(=O)O)Cc2cncc(C)c21. The van der Waals surface area contributed by atoms with Crippen molar-refractivity contribution in [3.63, 3.8) is 0 Å². The Labute approximate surface area is 106 Å². The van der Waals surface area contributed by atoms with Crippen molar-refractivity contribution in [3.05, 3.63) is 34.8 Å². The van der Waals surface area contributed by atoms with Gasteiger partial charge in [0.25, 0.3) is 0 Å². The number of nitrogens with zero attached hydrogens (tertiary/aromatic N) is 2. The molecule has 5 heteroatoms. The molecule has 0 spiro atoms. The van der Waals surface area contributed by atoms with E-state index in [1.165, 1.54) is 0 Å². The molecule has 0 saturated carbocycles. The topological polar surface area (TPSA) is 62.7 Å². The minimum atomic E-state index is -0.913. The van der Waals surface area contributed by atoms with Crippen LogP contribution in [0.1, 0.15) is 25.0 Å². The van der Waals surface area contributed by atoms with Crippen LogP contribution in [0.4, 0.5) is 5.69 Å². The number of rotatable bonds is 3. The summed E-state index contributed by atoms with van der Waals surface area (Å²) in [5.74, 6) is -0.913. The number of fused-ring (bicyclic) bond motifs is 1. The zero-order chi connectivity index (χ0) is 13.3. The summed E-state index contributed by atoms with van der Waals surface area (Å²) in [6.07, 6.45) is 3.84. The Hall–Kier alpha value is -1.88. The molecule has 1 aromatic rings. The molecule has 1 aliphatic rings. The molecule has 1 N–H and O–H groups in total. The van der Waals surface area contributed by atoms with Crippen molar-refractivity contribution in [2.75, 3.05) is 11.7 Å². The Balaban J connectivity index is 2.57. The quantitative estimate of drug-likeness (QED) is 0.887. The van der Waals surface area contributed by atoms with Gasteiger partial charge in [0.2, 0.25) is 0 Å². The van der Waals surface area contributed by atoms with Gasteiger partial charge in [-0.15, -0.1) is 0 Å². The number of allylic oxidation sites excluding steroid dienone is 1. The third kappa shape index (κ3) is 1.97. The number of anilines is 1. The largest absolute Gasteiger partial charge is 0.478 e. The number of pyridine rings is 1. The van der Waals surface area contributed by atoms with Crippen molar-refractivity contribution < 1.29 is 14.7 Å². The molecular weight excluding hydrogens is 232 g/mol. The van der Waals surface area contributed by atoms with Gasteiger partial charge in [-0.3, -0.25) is 9.82 Å². The number of carboxylic acids is 1. The molecule has 2 heterocycles. The fourth-order valence-corrected chi connectivity index (χ4v) is 2.16. The first-order chi connectivity index (χ1) is 8.56. The normalized spacial score (nSPS) is 14.7. The zero-order valence-corrected chi connectivity index (χ0v) is 10.7. The first-order valence-corrected chi connectivity index (χ1v) is 5.85. The Kier molecular flexibility index (Phi) is 3.34. The van der Waals surface area contributed by atoms with Crippen LogP contribution < -0.4 is 5.06 Å². The van der Waals surface area contributed by atoms with Gasteiger partial charge >= 0.3 is 5.97 Å². The monoisotopic (exact) mass is 248 g/mol. The summed E-state index contributed by atoms with van der Waals surface area (Å²) in [6.45, 7) is 6.06. The van der Waals surface area contributed by atoms with Crippen LogP contribution in [0.15, 0.2) is 23.7 Å². The first-order valence-electron chi connectivity index (χ1n) is 5.85. The smallest absolute Gasteiger partial charge is 0.333 e. The van der Waals surface area contributed by atoms with E-state index in [0.29, 0.717) is 24.3 Å². The maximum absolute atomic E-state index is 11.2. The van der Waals surface area contributed by atoms with Crippen LogP contribution in [0, 0.1) is 6.92 Å². The highest BCUT2D eigenvalue weighted by Gasteiger charge is 2.28. The van der Waals surface area contributed by atoms with Crippen molar-refractivity contribution >= 4 is 11.7 Å². The molecule has 1 aromatic heterocycles. The Morgan fingerprint density at radius 1 is 1.50 bits per heavy atom. The summed E-state index contributed by atoms with van der Waals surface area (Å²) in [5, 5.41) is 10.8. The van der Waals surface area contributed by atoms with Gasteiger partial charge in [-0.25, -0.2) is 9.86 Å². The van der Waals surface area contributed by atoms with Gasteiger partial charge in [0.1, 0.15) is 0 Å². The van der Waals surface area contributed by atoms with Gasteiger partial charge in [-0.2, -0.15) is 0 Å². The van der Waals surface area contributed by atoms with Crippen LogP contribution in [-0.4, -0.2) is 22.7 Å². The molecule has 0 aliphatic carbocycles. The number of aryl methyl sites for hydroxylation is 1. The van der Waals surface area contributed by atoms with E-state index in [2.05, 4.69) is 4.98 Å². The molecule has 0 amide bonds. The summed E-state index contributed by atoms with van der Waals surface area (Å²) in [5.41, 5.74) is 3.75. The van der Waals surface area contributed by atoms with Gasteiger partial charge in [0, 0.05) is 24.4 Å². The van der Waals surface area contributed by atoms with Gasteiger partial charge in [0.05, 0.1) is 23.6 Å². The number of carbonyl (C=O) groups is 1. The molecule has 0 aromatic carbocycles. The summed E-state index contributed by atoms with van der Waals surface area (Å²) >= 11 is 0. The second-order valence-electron chi connectivity index (χ2n) is 4.22. The fourth-order valence-electron chi connectivity index (χ4n) is 2.16. The highest BCUT2D eigenvalue weighted by molar-refractivity contribution is 5.90. The second kappa shape index (κ2) is 4.78. The fraction of sp³-hybridized carbons (Fsp3) is 0.385. The van der Waals surface area contributed by atoms with Gasteiger partial charge < -0.3 is 5.11 Å². The number of hydrogen-bond donors (Lipinski definition) is 1. The van der Waals surface area contributed by atoms with Crippen LogP contribution in [-0.2, 0) is 16.1 Å². The average Bonchev–Trinajstić information content (AvgIpc) is 2.32. The third-order valence-electron chi connectivity index (χ3n) is 3.00. The molecule has 0 fully saturated rings. The lowest BCUT2D eigenvalue weighted by molar-refractivity contribution is -0.132. The van der Waals surface area contributed by atoms with Crippen molar-refractivity contribution in [1.82, 2.24) is 4.98 Å². The maximum atomic E-state index is 11.2. The van der Waals surface area contributed by atoms with Crippen molar-refractivity contribution in [1.29, 1.82) is 0 Å². The van der Waals surface area contributed by atoms with Crippen molar-refractivity contribution in [3.8, 4) is 0 Å². The lowest BCUT2D eigenvalue weighted by Gasteiger charge is -2.32. The summed E-state index contributed by atoms with van der Waals surface area (Å²) in [6, 6.07) is 0. The molecule has 1 aliphatic heterocycles. The lowest BCUT2D eigenvalue weighted by atomic mass is 9.97. The minimum Gasteiger partial charge on any atom is -0.478 e. The predicted molar refractivity (Wildman–Crippen MR) is 67.1 cm³/mol. The Morgan fingerprint density at radius 2 is 2.22 bits per heavy atom. The average molecular weight is 248 g/mol. The molecule has 18 heavy (non-hydrogen) atoms. The molecule has 5 nitrogen and oxygen atoms in total. The molecule has 96 valence electrons. The number of carboxylic acid groups (broad SMARTS) is 1. The minimum absolute atomic E-state index is 0.350. The van der Waals surface area contributed by atoms with Crippen LogP contribution in [0.5, 0.6) is 0 Å². The predicted octanol–water partition coefficient (Wildman–Crippen LogP) is 2.06. The van der Waals surface area contributed by atoms with Crippen molar-refractivity contribution in [2.45, 2.75) is 27.2 Å². The molecular formula is C13H16N2O3. The van der Waals surface area contributed by atoms with E-state index in [0.717, 1.165) is 16.8 Å². The van der Waals surface area contributed by atoms with E-state index >= 15 is 0 Å². The summed E-state index contributed by atoms with van der Waals surface area (Å²) in [4.78, 5) is 20.9. The van der Waals surface area contributed by atoms with E-state index in [4.69, 9.17) is 4.84 Å². The maximum Gasteiger partial charge on any atom is 0.333 e. The highest BCUT2D eigenvalue weighted by atomic mass is 16.7. The molecule has 2 rings (SSSR count). The number of aliphatic carboxylic acids is 1. The zero-order valence-electron chi connectivity index (χ0n) is 10.7. The van der Waals surface area contributed by atoms with Crippen LogP contribution >= 0.6 is 0 Å². The van der Waals surface area contributed by atoms with Crippen LogP contribution in [0.3, 0.4) is 0 Å². The van der Waals surface area contributed by atoms with E-state index < -0.39 is 5.97 Å². The lowest BCUT2D eigenvalue weighted by Crippen LogP contribution is -2.30. The van der Waals surface area contributed by atoms with Crippen molar-refractivity contribution in [2.24, 2.45) is 0 Å². The third-order valence-corrected chi connectivity index (χ3v) is 3.00. The second-order valence-corrected chi connectivity index (χ2v) is 4.22. The van der Waals surface area contributed by atoms with E-state index in [9.17, 15) is 9.90 Å². The number of aromatic nitrogens is 1. The van der Waals surface area contributed by atoms with Crippen LogP contribution in [0.25, 0.3) is 0 Å². The molecule has 0 bridgehead atoms. The van der Waals surface area contributed by atoms with Gasteiger partial charge in [-0.05, 0) is 26.3 Å². The summed E-state index contributed by atoms with van der Waals surface area (Å²) in [7, 11) is 0. The summed E-state index contributed by atoms with van der Waals surface area (Å²) < 4.78 is 0. The van der Waals surface area contributed by atoms with Gasteiger partial charge in [-0.1, -0.05) is 0 Å². The van der Waals surface area contributed by atoms with E-state index in [1.807, 2.05) is 13.8 Å². The standard InChI is InChI=1S/C13H16N2O3/c1-4-18-15-9(3)11(13(16)17)5-10-7-14-6-8(2)12(10)15/h6-7H,4-5H2,1-3H3,(H,16,17). The van der Waals surface area contributed by atoms with Crippen LogP contribution in [0.2, 0.25) is 0 Å². The van der Waals surface area contributed by atoms with E-state index in [1.54, 1.807) is 24.4 Å². The molecule has 0 atom stereocenters. The number of hydrogen-bond acceptors (Lipinski definition) is 4. The highest BCUT2D eigenvalue weighted by Crippen LogP contribution is 2.35. The van der Waals surface area contributed by atoms with E-state index in [-0.39, 0.29) is 0 Å². The molecule has 0 radical (unpaired) electrons. The molecule has 0 unspecified atom stereocenters. The number of hydroxylamine groups is 1.